The van der Waals surface area contributed by atoms with Crippen LogP contribution in [0, 0.1) is 5.41 Å². The number of anilines is 1. The lowest BCUT2D eigenvalue weighted by Gasteiger charge is -2.40. The zero-order valence-electron chi connectivity index (χ0n) is 18.4. The Hall–Kier alpha value is -1.58. The molecule has 30 heavy (non-hydrogen) atoms. The third-order valence-electron chi connectivity index (χ3n) is 6.32. The highest BCUT2D eigenvalue weighted by molar-refractivity contribution is 14.0. The number of nitrogens with zero attached hydrogens (tertiary/aromatic N) is 4. The molecule has 1 amide bonds. The van der Waals surface area contributed by atoms with Crippen LogP contribution in [0.2, 0.25) is 0 Å². The minimum atomic E-state index is 0. The van der Waals surface area contributed by atoms with Crippen molar-refractivity contribution in [1.82, 2.24) is 20.5 Å². The summed E-state index contributed by atoms with van der Waals surface area (Å²) in [7, 11) is 0. The van der Waals surface area contributed by atoms with Gasteiger partial charge >= 0.3 is 0 Å². The molecule has 1 aliphatic carbocycles. The number of carbonyl (C=O) groups excluding carboxylic acids is 1. The number of hydrogen-bond donors (Lipinski definition) is 2. The Morgan fingerprint density at radius 3 is 2.50 bits per heavy atom. The molecule has 168 valence electrons. The third kappa shape index (κ3) is 6.72. The number of rotatable bonds is 8. The monoisotopic (exact) mass is 528 g/mol. The molecule has 2 aliphatic rings. The van der Waals surface area contributed by atoms with Gasteiger partial charge in [-0.25, -0.2) is 4.98 Å². The smallest absolute Gasteiger partial charge is 0.224 e. The minimum absolute atomic E-state index is 0. The second kappa shape index (κ2) is 12.3. The molecule has 1 saturated heterocycles. The van der Waals surface area contributed by atoms with E-state index in [1.54, 1.807) is 0 Å². The average molecular weight is 528 g/mol. The summed E-state index contributed by atoms with van der Waals surface area (Å²) in [6, 6.07) is 5.95. The van der Waals surface area contributed by atoms with E-state index in [4.69, 9.17) is 4.99 Å². The molecule has 0 spiro atoms. The lowest BCUT2D eigenvalue weighted by molar-refractivity contribution is -0.131. The van der Waals surface area contributed by atoms with Crippen LogP contribution in [0.25, 0.3) is 0 Å². The molecule has 1 saturated carbocycles. The van der Waals surface area contributed by atoms with Crippen LogP contribution in [0.3, 0.4) is 0 Å². The van der Waals surface area contributed by atoms with Gasteiger partial charge in [0.1, 0.15) is 5.82 Å². The molecule has 1 aromatic rings. The van der Waals surface area contributed by atoms with Crippen LogP contribution in [0.4, 0.5) is 5.82 Å². The largest absolute Gasteiger partial charge is 0.357 e. The predicted molar refractivity (Wildman–Crippen MR) is 134 cm³/mol. The highest BCUT2D eigenvalue weighted by Gasteiger charge is 2.34. The first-order chi connectivity index (χ1) is 14.2. The van der Waals surface area contributed by atoms with Crippen molar-refractivity contribution in [3.63, 3.8) is 0 Å². The summed E-state index contributed by atoms with van der Waals surface area (Å²) in [5.74, 6) is 2.03. The first-order valence-corrected chi connectivity index (χ1v) is 11.1. The molecular weight excluding hydrogens is 491 g/mol. The van der Waals surface area contributed by atoms with Gasteiger partial charge in [0.05, 0.1) is 0 Å². The van der Waals surface area contributed by atoms with E-state index in [0.717, 1.165) is 51.0 Å². The van der Waals surface area contributed by atoms with Crippen molar-refractivity contribution in [2.24, 2.45) is 10.4 Å². The predicted octanol–water partition coefficient (Wildman–Crippen LogP) is 2.87. The highest BCUT2D eigenvalue weighted by atomic mass is 127. The average Bonchev–Trinajstić information content (AvgIpc) is 2.74. The SMILES string of the molecule is CCNC(=NCC1(CC)CCC1)NCCC(=O)N1CCN(c2ccccn2)CC1.I. The normalized spacial score (nSPS) is 18.3. The van der Waals surface area contributed by atoms with Crippen molar-refractivity contribution >= 4 is 41.7 Å². The van der Waals surface area contributed by atoms with Crippen LogP contribution >= 0.6 is 24.0 Å². The fourth-order valence-corrected chi connectivity index (χ4v) is 4.06. The van der Waals surface area contributed by atoms with Gasteiger partial charge in [-0.3, -0.25) is 9.79 Å². The number of amides is 1. The van der Waals surface area contributed by atoms with Crippen LogP contribution in [0.15, 0.2) is 29.4 Å². The summed E-state index contributed by atoms with van der Waals surface area (Å²) in [6.07, 6.45) is 7.40. The van der Waals surface area contributed by atoms with E-state index in [1.165, 1.54) is 25.7 Å². The van der Waals surface area contributed by atoms with E-state index in [-0.39, 0.29) is 29.9 Å². The maximum Gasteiger partial charge on any atom is 0.224 e. The number of guanidine groups is 1. The number of piperazine rings is 1. The molecule has 2 heterocycles. The van der Waals surface area contributed by atoms with E-state index < -0.39 is 0 Å². The molecule has 8 heteroatoms. The minimum Gasteiger partial charge on any atom is -0.357 e. The van der Waals surface area contributed by atoms with E-state index in [1.807, 2.05) is 29.3 Å². The number of nitrogens with one attached hydrogen (secondary N) is 2. The lowest BCUT2D eigenvalue weighted by Crippen LogP contribution is -2.49. The first-order valence-electron chi connectivity index (χ1n) is 11.1. The second-order valence-corrected chi connectivity index (χ2v) is 8.13. The zero-order chi connectivity index (χ0) is 20.5. The molecule has 0 radical (unpaired) electrons. The number of aromatic nitrogens is 1. The maximum atomic E-state index is 12.6. The van der Waals surface area contributed by atoms with Crippen LogP contribution < -0.4 is 15.5 Å². The summed E-state index contributed by atoms with van der Waals surface area (Å²) in [6.45, 7) is 9.83. The van der Waals surface area contributed by atoms with E-state index in [0.29, 0.717) is 18.4 Å². The Labute approximate surface area is 198 Å². The molecular formula is C22H37IN6O. The molecule has 2 fully saturated rings. The van der Waals surface area contributed by atoms with Crippen LogP contribution in [0.5, 0.6) is 0 Å². The molecule has 0 bridgehead atoms. The Morgan fingerprint density at radius 2 is 1.93 bits per heavy atom. The van der Waals surface area contributed by atoms with Gasteiger partial charge in [-0.05, 0) is 43.7 Å². The Morgan fingerprint density at radius 1 is 1.17 bits per heavy atom. The van der Waals surface area contributed by atoms with Crippen LogP contribution in [-0.4, -0.2) is 67.6 Å². The molecule has 3 rings (SSSR count). The highest BCUT2D eigenvalue weighted by Crippen LogP contribution is 2.43. The Balaban J connectivity index is 0.00000320. The van der Waals surface area contributed by atoms with Crippen molar-refractivity contribution in [3.8, 4) is 0 Å². The van der Waals surface area contributed by atoms with Gasteiger partial charge < -0.3 is 20.4 Å². The fourth-order valence-electron chi connectivity index (χ4n) is 4.06. The second-order valence-electron chi connectivity index (χ2n) is 8.13. The standard InChI is InChI=1S/C22H36N6O.HI/c1-3-22(10-7-11-22)18-26-21(23-4-2)25-13-9-20(29)28-16-14-27(15-17-28)19-8-5-6-12-24-19;/h5-6,8,12H,3-4,7,9-11,13-18H2,1-2H3,(H2,23,25,26);1H. The lowest BCUT2D eigenvalue weighted by atomic mass is 9.67. The van der Waals surface area contributed by atoms with Crippen molar-refractivity contribution in [3.05, 3.63) is 24.4 Å². The zero-order valence-corrected chi connectivity index (χ0v) is 20.7. The van der Waals surface area contributed by atoms with Gasteiger partial charge in [-0.2, -0.15) is 0 Å². The molecule has 7 nitrogen and oxygen atoms in total. The first kappa shape index (κ1) is 24.7. The van der Waals surface area contributed by atoms with Crippen LogP contribution in [0.1, 0.15) is 46.0 Å². The van der Waals surface area contributed by atoms with Gasteiger partial charge in [0.15, 0.2) is 5.96 Å². The summed E-state index contributed by atoms with van der Waals surface area (Å²) in [4.78, 5) is 26.0. The number of hydrogen-bond acceptors (Lipinski definition) is 4. The number of carbonyl (C=O) groups is 1. The van der Waals surface area contributed by atoms with Gasteiger partial charge in [-0.15, -0.1) is 24.0 Å². The molecule has 0 unspecified atom stereocenters. The van der Waals surface area contributed by atoms with Crippen molar-refractivity contribution in [2.75, 3.05) is 50.7 Å². The van der Waals surface area contributed by atoms with Crippen molar-refractivity contribution in [2.45, 2.75) is 46.0 Å². The Bertz CT molecular complexity index is 666. The Kier molecular flexibility index (Phi) is 10.1. The van der Waals surface area contributed by atoms with Gasteiger partial charge in [0.2, 0.25) is 5.91 Å². The summed E-state index contributed by atoms with van der Waals surface area (Å²) in [5.41, 5.74) is 0.408. The molecule has 0 aromatic carbocycles. The summed E-state index contributed by atoms with van der Waals surface area (Å²) in [5, 5.41) is 6.65. The summed E-state index contributed by atoms with van der Waals surface area (Å²) >= 11 is 0. The van der Waals surface area contributed by atoms with Crippen LogP contribution in [-0.2, 0) is 4.79 Å². The maximum absolute atomic E-state index is 12.6. The van der Waals surface area contributed by atoms with Crippen molar-refractivity contribution in [1.29, 1.82) is 0 Å². The van der Waals surface area contributed by atoms with E-state index in [2.05, 4.69) is 34.4 Å². The molecule has 0 atom stereocenters. The number of halogens is 1. The van der Waals surface area contributed by atoms with Crippen molar-refractivity contribution < 1.29 is 4.79 Å². The number of aliphatic imine (C=N–C) groups is 1. The van der Waals surface area contributed by atoms with Gasteiger partial charge in [0.25, 0.3) is 0 Å². The summed E-state index contributed by atoms with van der Waals surface area (Å²) < 4.78 is 0. The molecule has 1 aliphatic heterocycles. The number of pyridine rings is 1. The molecule has 1 aromatic heterocycles. The van der Waals surface area contributed by atoms with E-state index in [9.17, 15) is 4.79 Å². The quantitative estimate of drug-likeness (QED) is 0.309. The topological polar surface area (TPSA) is 72.9 Å². The molecule has 2 N–H and O–H groups in total. The fraction of sp³-hybridized carbons (Fsp3) is 0.682. The van der Waals surface area contributed by atoms with Gasteiger partial charge in [-0.1, -0.05) is 19.4 Å². The van der Waals surface area contributed by atoms with E-state index >= 15 is 0 Å². The van der Waals surface area contributed by atoms with Gasteiger partial charge in [0, 0.05) is 58.4 Å². The third-order valence-corrected chi connectivity index (χ3v) is 6.32.